The SMILES string of the molecule is Cc1ccc(CNC(=O)c2cc(C)nc(Nc3ccc(F)c(F)c3F)n2)cc1. The van der Waals surface area contributed by atoms with Crippen molar-refractivity contribution < 1.29 is 18.0 Å². The molecule has 0 bridgehead atoms. The number of aromatic nitrogens is 2. The van der Waals surface area contributed by atoms with Gasteiger partial charge in [-0.15, -0.1) is 0 Å². The molecule has 2 N–H and O–H groups in total. The molecule has 1 aromatic heterocycles. The molecule has 2 aromatic carbocycles. The summed E-state index contributed by atoms with van der Waals surface area (Å²) >= 11 is 0. The van der Waals surface area contributed by atoms with Crippen molar-refractivity contribution in [3.63, 3.8) is 0 Å². The fourth-order valence-corrected chi connectivity index (χ4v) is 2.46. The van der Waals surface area contributed by atoms with Gasteiger partial charge in [0.2, 0.25) is 5.95 Å². The molecule has 0 aliphatic rings. The number of halogens is 3. The first-order valence-electron chi connectivity index (χ1n) is 8.43. The monoisotopic (exact) mass is 386 g/mol. The Bertz CT molecular complexity index is 1020. The summed E-state index contributed by atoms with van der Waals surface area (Å²) in [5.41, 5.74) is 2.20. The molecule has 5 nitrogen and oxygen atoms in total. The molecule has 3 rings (SSSR count). The third-order valence-corrected chi connectivity index (χ3v) is 3.94. The maximum atomic E-state index is 13.8. The fourth-order valence-electron chi connectivity index (χ4n) is 2.46. The van der Waals surface area contributed by atoms with Crippen molar-refractivity contribution in [1.82, 2.24) is 15.3 Å². The molecule has 0 saturated heterocycles. The molecular formula is C20H17F3N4O. The Hall–Kier alpha value is -3.42. The van der Waals surface area contributed by atoms with Crippen molar-refractivity contribution in [1.29, 1.82) is 0 Å². The second-order valence-electron chi connectivity index (χ2n) is 6.23. The van der Waals surface area contributed by atoms with Crippen LogP contribution in [0.4, 0.5) is 24.8 Å². The zero-order valence-corrected chi connectivity index (χ0v) is 15.2. The first-order chi connectivity index (χ1) is 13.3. The number of aryl methyl sites for hydroxylation is 2. The number of nitrogens with one attached hydrogen (secondary N) is 2. The van der Waals surface area contributed by atoms with Gasteiger partial charge in [0, 0.05) is 12.2 Å². The predicted octanol–water partition coefficient (Wildman–Crippen LogP) is 4.18. The van der Waals surface area contributed by atoms with Crippen LogP contribution >= 0.6 is 0 Å². The molecule has 0 spiro atoms. The second-order valence-corrected chi connectivity index (χ2v) is 6.23. The van der Waals surface area contributed by atoms with Gasteiger partial charge in [-0.05, 0) is 37.6 Å². The lowest BCUT2D eigenvalue weighted by Crippen LogP contribution is -2.24. The van der Waals surface area contributed by atoms with E-state index in [-0.39, 0.29) is 17.3 Å². The Morgan fingerprint density at radius 1 is 0.964 bits per heavy atom. The van der Waals surface area contributed by atoms with Crippen LogP contribution in [0.15, 0.2) is 42.5 Å². The standard InChI is InChI=1S/C20H17F3N4O/c1-11-3-5-13(6-4-11)10-24-19(28)16-9-12(2)25-20(27-16)26-15-8-7-14(21)17(22)18(15)23/h3-9H,10H2,1-2H3,(H,24,28)(H,25,26,27). The Kier molecular flexibility index (Phi) is 5.58. The molecule has 0 fully saturated rings. The third-order valence-electron chi connectivity index (χ3n) is 3.94. The number of nitrogens with zero attached hydrogens (tertiary/aromatic N) is 2. The second kappa shape index (κ2) is 8.08. The number of hydrogen-bond acceptors (Lipinski definition) is 4. The molecule has 28 heavy (non-hydrogen) atoms. The molecule has 8 heteroatoms. The number of benzene rings is 2. The number of amides is 1. The molecule has 1 amide bonds. The molecule has 0 aliphatic carbocycles. The number of carbonyl (C=O) groups is 1. The summed E-state index contributed by atoms with van der Waals surface area (Å²) in [6.45, 7) is 3.91. The van der Waals surface area contributed by atoms with E-state index in [1.165, 1.54) is 6.07 Å². The van der Waals surface area contributed by atoms with E-state index in [0.717, 1.165) is 23.3 Å². The van der Waals surface area contributed by atoms with Gasteiger partial charge in [0.25, 0.3) is 5.91 Å². The van der Waals surface area contributed by atoms with Crippen LogP contribution in [0, 0.1) is 31.3 Å². The molecule has 0 saturated carbocycles. The highest BCUT2D eigenvalue weighted by Gasteiger charge is 2.16. The maximum absolute atomic E-state index is 13.8. The third kappa shape index (κ3) is 4.46. The zero-order chi connectivity index (χ0) is 20.3. The molecule has 1 heterocycles. The van der Waals surface area contributed by atoms with E-state index in [9.17, 15) is 18.0 Å². The Balaban J connectivity index is 1.76. The minimum Gasteiger partial charge on any atom is -0.347 e. The summed E-state index contributed by atoms with van der Waals surface area (Å²) in [5, 5.41) is 5.21. The van der Waals surface area contributed by atoms with Crippen LogP contribution in [0.5, 0.6) is 0 Å². The quantitative estimate of drug-likeness (QED) is 0.646. The van der Waals surface area contributed by atoms with Crippen LogP contribution in [0.3, 0.4) is 0 Å². The lowest BCUT2D eigenvalue weighted by molar-refractivity contribution is 0.0945. The summed E-state index contributed by atoms with van der Waals surface area (Å²) in [6.07, 6.45) is 0. The number of anilines is 2. The Morgan fingerprint density at radius 2 is 1.68 bits per heavy atom. The van der Waals surface area contributed by atoms with Crippen molar-refractivity contribution in [3.8, 4) is 0 Å². The summed E-state index contributed by atoms with van der Waals surface area (Å²) in [5.74, 6) is -4.85. The van der Waals surface area contributed by atoms with E-state index in [0.29, 0.717) is 12.2 Å². The smallest absolute Gasteiger partial charge is 0.270 e. The molecule has 0 radical (unpaired) electrons. The van der Waals surface area contributed by atoms with E-state index in [2.05, 4.69) is 20.6 Å². The number of carbonyl (C=O) groups excluding carboxylic acids is 1. The van der Waals surface area contributed by atoms with Gasteiger partial charge < -0.3 is 10.6 Å². The van der Waals surface area contributed by atoms with Gasteiger partial charge in [0.05, 0.1) is 5.69 Å². The topological polar surface area (TPSA) is 66.9 Å². The summed E-state index contributed by atoms with van der Waals surface area (Å²) in [4.78, 5) is 20.5. The van der Waals surface area contributed by atoms with Gasteiger partial charge in [-0.2, -0.15) is 0 Å². The van der Waals surface area contributed by atoms with Crippen molar-refractivity contribution >= 4 is 17.5 Å². The highest BCUT2D eigenvalue weighted by Crippen LogP contribution is 2.22. The van der Waals surface area contributed by atoms with E-state index in [1.807, 2.05) is 31.2 Å². The molecule has 0 atom stereocenters. The van der Waals surface area contributed by atoms with Crippen LogP contribution in [0.2, 0.25) is 0 Å². The number of hydrogen-bond donors (Lipinski definition) is 2. The molecule has 144 valence electrons. The maximum Gasteiger partial charge on any atom is 0.270 e. The summed E-state index contributed by atoms with van der Waals surface area (Å²) in [7, 11) is 0. The Labute approximate surface area is 159 Å². The van der Waals surface area contributed by atoms with Crippen LogP contribution < -0.4 is 10.6 Å². The van der Waals surface area contributed by atoms with Crippen molar-refractivity contribution in [3.05, 3.63) is 82.4 Å². The first-order valence-corrected chi connectivity index (χ1v) is 8.43. The molecule has 0 unspecified atom stereocenters. The lowest BCUT2D eigenvalue weighted by atomic mass is 10.1. The minimum atomic E-state index is -1.60. The average molecular weight is 386 g/mol. The van der Waals surface area contributed by atoms with E-state index >= 15 is 0 Å². The fraction of sp³-hybridized carbons (Fsp3) is 0.150. The highest BCUT2D eigenvalue weighted by atomic mass is 19.2. The van der Waals surface area contributed by atoms with Gasteiger partial charge in [0.15, 0.2) is 17.5 Å². The van der Waals surface area contributed by atoms with Crippen molar-refractivity contribution in [2.75, 3.05) is 5.32 Å². The average Bonchev–Trinajstić information content (AvgIpc) is 2.67. The van der Waals surface area contributed by atoms with E-state index in [4.69, 9.17) is 0 Å². The largest absolute Gasteiger partial charge is 0.347 e. The normalized spacial score (nSPS) is 10.6. The number of rotatable bonds is 5. The van der Waals surface area contributed by atoms with Gasteiger partial charge in [-0.3, -0.25) is 4.79 Å². The molecular weight excluding hydrogens is 369 g/mol. The van der Waals surface area contributed by atoms with Gasteiger partial charge in [-0.25, -0.2) is 23.1 Å². The van der Waals surface area contributed by atoms with E-state index in [1.54, 1.807) is 6.92 Å². The van der Waals surface area contributed by atoms with Crippen LogP contribution in [-0.2, 0) is 6.54 Å². The summed E-state index contributed by atoms with van der Waals surface area (Å²) < 4.78 is 40.3. The molecule has 3 aromatic rings. The van der Waals surface area contributed by atoms with Crippen LogP contribution in [-0.4, -0.2) is 15.9 Å². The van der Waals surface area contributed by atoms with Gasteiger partial charge in [0.1, 0.15) is 5.69 Å². The molecule has 0 aliphatic heterocycles. The Morgan fingerprint density at radius 3 is 2.39 bits per heavy atom. The van der Waals surface area contributed by atoms with E-state index < -0.39 is 23.4 Å². The van der Waals surface area contributed by atoms with Crippen LogP contribution in [0.25, 0.3) is 0 Å². The lowest BCUT2D eigenvalue weighted by Gasteiger charge is -2.10. The van der Waals surface area contributed by atoms with Gasteiger partial charge >= 0.3 is 0 Å². The van der Waals surface area contributed by atoms with Crippen LogP contribution in [0.1, 0.15) is 27.3 Å². The summed E-state index contributed by atoms with van der Waals surface area (Å²) in [6, 6.07) is 11.0. The van der Waals surface area contributed by atoms with Crippen molar-refractivity contribution in [2.45, 2.75) is 20.4 Å². The highest BCUT2D eigenvalue weighted by molar-refractivity contribution is 5.92. The van der Waals surface area contributed by atoms with Crippen molar-refractivity contribution in [2.24, 2.45) is 0 Å². The minimum absolute atomic E-state index is 0.0603. The van der Waals surface area contributed by atoms with Gasteiger partial charge in [-0.1, -0.05) is 29.8 Å². The zero-order valence-electron chi connectivity index (χ0n) is 15.2. The predicted molar refractivity (Wildman–Crippen MR) is 98.7 cm³/mol. The first kappa shape index (κ1) is 19.3.